The summed E-state index contributed by atoms with van der Waals surface area (Å²) in [5, 5.41) is 9.18. The molecule has 10 aromatic rings. The van der Waals surface area contributed by atoms with E-state index in [1.165, 1.54) is 21.7 Å². The maximum absolute atomic E-state index is 6.85. The Kier molecular flexibility index (Phi) is 5.31. The average Bonchev–Trinajstić information content (AvgIpc) is 3.70. The van der Waals surface area contributed by atoms with E-state index in [4.69, 9.17) is 8.83 Å². The summed E-state index contributed by atoms with van der Waals surface area (Å²) in [6, 6.07) is 55.8. The lowest BCUT2D eigenvalue weighted by Crippen LogP contribution is -1.90. The van der Waals surface area contributed by atoms with Crippen LogP contribution in [0.15, 0.2) is 167 Å². The van der Waals surface area contributed by atoms with Crippen molar-refractivity contribution in [3.05, 3.63) is 158 Å². The van der Waals surface area contributed by atoms with Crippen molar-refractivity contribution >= 4 is 65.4 Å². The van der Waals surface area contributed by atoms with Crippen LogP contribution in [0.4, 0.5) is 0 Å². The highest BCUT2D eigenvalue weighted by Gasteiger charge is 2.25. The van der Waals surface area contributed by atoms with Crippen LogP contribution < -0.4 is 0 Å². The van der Waals surface area contributed by atoms with Crippen molar-refractivity contribution in [2.75, 3.05) is 0 Å². The molecule has 0 N–H and O–H groups in total. The quantitative estimate of drug-likeness (QED) is 0.206. The van der Waals surface area contributed by atoms with Gasteiger partial charge in [0, 0.05) is 38.2 Å². The lowest BCUT2D eigenvalue weighted by molar-refractivity contribution is 0.670. The van der Waals surface area contributed by atoms with Gasteiger partial charge in [-0.1, -0.05) is 133 Å². The maximum atomic E-state index is 6.85. The topological polar surface area (TPSA) is 26.3 Å². The molecule has 2 heterocycles. The molecule has 0 saturated carbocycles. The number of rotatable bonds is 3. The lowest BCUT2D eigenvalue weighted by Gasteiger charge is -2.16. The molecule has 2 nitrogen and oxygen atoms in total. The molecule has 214 valence electrons. The van der Waals surface area contributed by atoms with Crippen molar-refractivity contribution < 1.29 is 8.83 Å². The number of para-hydroxylation sites is 2. The van der Waals surface area contributed by atoms with Crippen LogP contribution in [0, 0.1) is 0 Å². The zero-order chi connectivity index (χ0) is 30.2. The van der Waals surface area contributed by atoms with Crippen LogP contribution in [0.25, 0.3) is 98.8 Å². The molecule has 0 radical (unpaired) electrons. The minimum Gasteiger partial charge on any atom is -0.455 e. The van der Waals surface area contributed by atoms with Crippen LogP contribution >= 0.6 is 0 Å². The molecule has 10 rings (SSSR count). The molecule has 0 saturated heterocycles. The molecule has 0 amide bonds. The van der Waals surface area contributed by atoms with E-state index in [-0.39, 0.29) is 0 Å². The van der Waals surface area contributed by atoms with Gasteiger partial charge < -0.3 is 8.83 Å². The van der Waals surface area contributed by atoms with Crippen molar-refractivity contribution in [1.29, 1.82) is 0 Å². The van der Waals surface area contributed by atoms with E-state index in [0.29, 0.717) is 0 Å². The Morgan fingerprint density at radius 1 is 0.326 bits per heavy atom. The summed E-state index contributed by atoms with van der Waals surface area (Å²) >= 11 is 0. The lowest BCUT2D eigenvalue weighted by atomic mass is 9.86. The van der Waals surface area contributed by atoms with Gasteiger partial charge in [-0.15, -0.1) is 0 Å². The summed E-state index contributed by atoms with van der Waals surface area (Å²) in [7, 11) is 0. The molecular weight excluding hydrogens is 560 g/mol. The normalized spacial score (nSPS) is 11.9. The summed E-state index contributed by atoms with van der Waals surface area (Å²) in [6.07, 6.45) is 0. The fourth-order valence-electron chi connectivity index (χ4n) is 7.44. The molecule has 0 spiro atoms. The van der Waals surface area contributed by atoms with Crippen molar-refractivity contribution in [2.24, 2.45) is 0 Å². The third-order valence-electron chi connectivity index (χ3n) is 9.46. The Hall–Kier alpha value is -6.12. The molecular formula is C44H26O2. The zero-order valence-electron chi connectivity index (χ0n) is 24.8. The van der Waals surface area contributed by atoms with E-state index >= 15 is 0 Å². The van der Waals surface area contributed by atoms with Gasteiger partial charge in [-0.25, -0.2) is 0 Å². The van der Waals surface area contributed by atoms with Crippen molar-refractivity contribution in [2.45, 2.75) is 0 Å². The number of hydrogen-bond acceptors (Lipinski definition) is 2. The zero-order valence-corrected chi connectivity index (χ0v) is 24.8. The van der Waals surface area contributed by atoms with Gasteiger partial charge in [0.2, 0.25) is 0 Å². The minimum atomic E-state index is 0.873. The van der Waals surface area contributed by atoms with Gasteiger partial charge in [0.1, 0.15) is 22.3 Å². The second-order valence-corrected chi connectivity index (χ2v) is 12.0. The molecule has 2 aromatic heterocycles. The summed E-state index contributed by atoms with van der Waals surface area (Å²) < 4.78 is 13.7. The fraction of sp³-hybridized carbons (Fsp3) is 0. The van der Waals surface area contributed by atoms with Crippen LogP contribution in [0.3, 0.4) is 0 Å². The first-order chi connectivity index (χ1) is 22.8. The number of benzene rings is 8. The maximum Gasteiger partial charge on any atom is 0.144 e. The molecule has 0 aliphatic heterocycles. The second-order valence-electron chi connectivity index (χ2n) is 12.0. The van der Waals surface area contributed by atoms with Crippen molar-refractivity contribution in [1.82, 2.24) is 0 Å². The smallest absolute Gasteiger partial charge is 0.144 e. The average molecular weight is 587 g/mol. The summed E-state index contributed by atoms with van der Waals surface area (Å²) in [5.74, 6) is 0. The molecule has 0 atom stereocenters. The van der Waals surface area contributed by atoms with Gasteiger partial charge in [0.25, 0.3) is 0 Å². The van der Waals surface area contributed by atoms with Crippen LogP contribution in [0.5, 0.6) is 0 Å². The predicted octanol–water partition coefficient (Wildman–Crippen LogP) is 12.8. The van der Waals surface area contributed by atoms with Gasteiger partial charge in [0.05, 0.1) is 0 Å². The number of fused-ring (bicyclic) bond motifs is 8. The Morgan fingerprint density at radius 2 is 0.891 bits per heavy atom. The van der Waals surface area contributed by atoms with E-state index in [2.05, 4.69) is 146 Å². The number of hydrogen-bond donors (Lipinski definition) is 0. The highest BCUT2D eigenvalue weighted by atomic mass is 16.3. The van der Waals surface area contributed by atoms with E-state index in [9.17, 15) is 0 Å². The molecule has 0 bridgehead atoms. The summed E-state index contributed by atoms with van der Waals surface area (Å²) in [4.78, 5) is 0. The van der Waals surface area contributed by atoms with Gasteiger partial charge in [0.15, 0.2) is 0 Å². The number of furan rings is 2. The molecule has 46 heavy (non-hydrogen) atoms. The van der Waals surface area contributed by atoms with E-state index < -0.39 is 0 Å². The Bertz CT molecular complexity index is 2800. The van der Waals surface area contributed by atoms with E-state index in [0.717, 1.165) is 77.1 Å². The minimum absolute atomic E-state index is 0.873. The predicted molar refractivity (Wildman–Crippen MR) is 192 cm³/mol. The second kappa shape index (κ2) is 9.69. The van der Waals surface area contributed by atoms with Crippen molar-refractivity contribution in [3.8, 4) is 33.4 Å². The van der Waals surface area contributed by atoms with Gasteiger partial charge in [-0.3, -0.25) is 0 Å². The molecule has 0 aliphatic rings. The standard InChI is InChI=1S/C44H26O2/c1-2-13-28(14-3-1)31-24-25-36(43-41(31)34-18-8-10-20-37(34)45-43)40-33-17-7-6-16-32(33)39(30-23-22-27-12-4-5-15-29(27)26-30)44-42(40)35-19-9-11-21-38(35)46-44/h1-26H. The highest BCUT2D eigenvalue weighted by Crippen LogP contribution is 2.50. The van der Waals surface area contributed by atoms with E-state index in [1.807, 2.05) is 12.1 Å². The van der Waals surface area contributed by atoms with Gasteiger partial charge in [-0.05, 0) is 62.5 Å². The third-order valence-corrected chi connectivity index (χ3v) is 9.46. The van der Waals surface area contributed by atoms with Crippen molar-refractivity contribution in [3.63, 3.8) is 0 Å². The highest BCUT2D eigenvalue weighted by molar-refractivity contribution is 6.29. The molecule has 0 fully saturated rings. The first kappa shape index (κ1) is 25.2. The third kappa shape index (κ3) is 3.59. The van der Waals surface area contributed by atoms with Crippen LogP contribution in [0.2, 0.25) is 0 Å². The summed E-state index contributed by atoms with van der Waals surface area (Å²) in [5.41, 5.74) is 10.3. The summed E-state index contributed by atoms with van der Waals surface area (Å²) in [6.45, 7) is 0. The Labute approximate surface area is 264 Å². The van der Waals surface area contributed by atoms with Crippen LogP contribution in [-0.2, 0) is 0 Å². The first-order valence-electron chi connectivity index (χ1n) is 15.7. The molecule has 2 heteroatoms. The van der Waals surface area contributed by atoms with Gasteiger partial charge >= 0.3 is 0 Å². The largest absolute Gasteiger partial charge is 0.455 e. The first-order valence-corrected chi connectivity index (χ1v) is 15.7. The Morgan fingerprint density at radius 3 is 1.65 bits per heavy atom. The van der Waals surface area contributed by atoms with E-state index in [1.54, 1.807) is 0 Å². The van der Waals surface area contributed by atoms with Crippen LogP contribution in [-0.4, -0.2) is 0 Å². The molecule has 0 unspecified atom stereocenters. The molecule has 0 aliphatic carbocycles. The molecule has 8 aromatic carbocycles. The Balaban J connectivity index is 1.39. The SMILES string of the molecule is c1ccc(-c2ccc(-c3c4ccccc4c(-c4ccc5ccccc5c4)c4oc5ccccc5c34)c3oc4ccccc4c23)cc1. The fourth-order valence-corrected chi connectivity index (χ4v) is 7.44. The van der Waals surface area contributed by atoms with Gasteiger partial charge in [-0.2, -0.15) is 0 Å². The monoisotopic (exact) mass is 586 g/mol. The van der Waals surface area contributed by atoms with Crippen LogP contribution in [0.1, 0.15) is 0 Å².